The molecule has 0 unspecified atom stereocenters. The molecule has 26 heteroatoms. The average Bonchev–Trinajstić information content (AvgIpc) is 3.70. The predicted molar refractivity (Wildman–Crippen MR) is 250 cm³/mol. The van der Waals surface area contributed by atoms with Gasteiger partial charge in [0.1, 0.15) is 55.4 Å². The van der Waals surface area contributed by atoms with Crippen molar-refractivity contribution in [1.29, 1.82) is 0 Å². The number of carbonyl (C=O) groups is 1. The van der Waals surface area contributed by atoms with Crippen LogP contribution in [0.15, 0.2) is 106 Å². The van der Waals surface area contributed by atoms with E-state index in [1.165, 1.54) is 4.90 Å². The maximum absolute atomic E-state index is 14.0. The number of benzene rings is 3. The molecule has 4 aliphatic rings. The maximum Gasteiger partial charge on any atom is 0.410 e. The van der Waals surface area contributed by atoms with Crippen LogP contribution in [-0.2, 0) is 57.7 Å². The third-order valence-corrected chi connectivity index (χ3v) is 13.2. The molecule has 0 aromatic heterocycles. The Morgan fingerprint density at radius 3 is 1.90 bits per heavy atom. The Kier molecular flexibility index (Phi) is 19.4. The van der Waals surface area contributed by atoms with E-state index >= 15 is 0 Å². The number of amides is 1. The minimum absolute atomic E-state index is 0.00931. The van der Waals surface area contributed by atoms with Gasteiger partial charge >= 0.3 is 6.09 Å². The summed E-state index contributed by atoms with van der Waals surface area (Å²) >= 11 is 0. The molecule has 3 aromatic carbocycles. The normalized spacial score (nSPS) is 34.9. The molecule has 0 bridgehead atoms. The van der Waals surface area contributed by atoms with Crippen molar-refractivity contribution in [3.8, 4) is 0 Å². The molecule has 1 saturated carbocycles. The first-order valence-electron chi connectivity index (χ1n) is 23.4. The van der Waals surface area contributed by atoms with Gasteiger partial charge in [0.15, 0.2) is 18.9 Å². The van der Waals surface area contributed by atoms with Gasteiger partial charge in [0.25, 0.3) is 0 Å². The lowest BCUT2D eigenvalue weighted by molar-refractivity contribution is -0.300. The molecular formula is C46H60N12O14. The zero-order valence-corrected chi connectivity index (χ0v) is 39.1. The Morgan fingerprint density at radius 1 is 0.681 bits per heavy atom. The molecule has 1 amide bonds. The van der Waals surface area contributed by atoms with Crippen molar-refractivity contribution in [1.82, 2.24) is 4.90 Å². The summed E-state index contributed by atoms with van der Waals surface area (Å²) in [5.41, 5.74) is 43.9. The van der Waals surface area contributed by atoms with Crippen LogP contribution >= 0.6 is 0 Å². The van der Waals surface area contributed by atoms with E-state index in [1.54, 1.807) is 6.92 Å². The molecule has 1 aliphatic carbocycles. The molecule has 3 aliphatic heterocycles. The highest BCUT2D eigenvalue weighted by molar-refractivity contribution is 5.68. The first kappa shape index (κ1) is 54.1. The van der Waals surface area contributed by atoms with Gasteiger partial charge in [-0.2, -0.15) is 0 Å². The maximum atomic E-state index is 14.0. The van der Waals surface area contributed by atoms with Crippen LogP contribution in [0.25, 0.3) is 31.3 Å². The van der Waals surface area contributed by atoms with Crippen LogP contribution in [0.2, 0.25) is 0 Å². The summed E-state index contributed by atoms with van der Waals surface area (Å²) in [5.74, 6) is 0. The van der Waals surface area contributed by atoms with Gasteiger partial charge in [-0.05, 0) is 53.0 Å². The molecule has 388 valence electrons. The van der Waals surface area contributed by atoms with Crippen molar-refractivity contribution in [2.45, 2.75) is 156 Å². The molecule has 7 rings (SSSR count). The standard InChI is InChI=1S/C46H60N12O14/c1-24(58(20-25-11-5-2-6-12-25)46(64)66-23-27-15-9-4-10-16-27)29-18-17-28(53-56-50)43(67-29)71-41-33(48)40(65-22-26-13-7-3-8-14-26)32(47)36(61)42(41)72-45-38(63)39(31(21-59)69-45)70-44-34(54-57-51)37(62)35(60)30(68-44)19-52-55-49/h2-16,24,28-45,59-63H,17-23,47-48H2,1H3/t24-,28+,29-,30-,31+,32-,33-,34+,35+,36-,37+,38+,39+,40+,41+,42+,43+,44+,45-/m0/s1. The van der Waals surface area contributed by atoms with Crippen LogP contribution in [0.4, 0.5) is 4.79 Å². The van der Waals surface area contributed by atoms with E-state index in [1.807, 2.05) is 91.0 Å². The van der Waals surface area contributed by atoms with Crippen LogP contribution in [-0.4, -0.2) is 166 Å². The van der Waals surface area contributed by atoms with Crippen LogP contribution in [0, 0.1) is 0 Å². The Morgan fingerprint density at radius 2 is 1.28 bits per heavy atom. The highest BCUT2D eigenvalue weighted by Gasteiger charge is 2.56. The predicted octanol–water partition coefficient (Wildman–Crippen LogP) is 2.68. The Labute approximate surface area is 413 Å². The fourth-order valence-corrected chi connectivity index (χ4v) is 9.28. The minimum Gasteiger partial charge on any atom is -0.445 e. The number of nitrogens with zero attached hydrogens (tertiary/aromatic N) is 10. The minimum atomic E-state index is -1.83. The highest BCUT2D eigenvalue weighted by Crippen LogP contribution is 2.37. The summed E-state index contributed by atoms with van der Waals surface area (Å²) in [7, 11) is 0. The molecule has 0 spiro atoms. The zero-order chi connectivity index (χ0) is 51.3. The van der Waals surface area contributed by atoms with Crippen molar-refractivity contribution < 1.29 is 68.2 Å². The lowest BCUT2D eigenvalue weighted by Gasteiger charge is -2.49. The van der Waals surface area contributed by atoms with E-state index in [2.05, 4.69) is 30.1 Å². The fourth-order valence-electron chi connectivity index (χ4n) is 9.28. The Hall–Kier alpha value is -5.70. The number of carbonyl (C=O) groups excluding carboxylic acids is 1. The zero-order valence-electron chi connectivity index (χ0n) is 39.1. The quantitative estimate of drug-likeness (QED) is 0.0486. The molecular weight excluding hydrogens is 945 g/mol. The monoisotopic (exact) mass is 1000 g/mol. The highest BCUT2D eigenvalue weighted by atomic mass is 16.8. The second-order valence-corrected chi connectivity index (χ2v) is 17.8. The Balaban J connectivity index is 1.15. The topological polar surface area (TPSA) is 394 Å². The van der Waals surface area contributed by atoms with Crippen molar-refractivity contribution in [2.75, 3.05) is 13.2 Å². The number of azide groups is 3. The molecule has 26 nitrogen and oxygen atoms in total. The smallest absolute Gasteiger partial charge is 0.410 e. The van der Waals surface area contributed by atoms with Gasteiger partial charge < -0.3 is 74.9 Å². The lowest BCUT2D eigenvalue weighted by atomic mass is 9.81. The van der Waals surface area contributed by atoms with Crippen molar-refractivity contribution in [3.05, 3.63) is 139 Å². The summed E-state index contributed by atoms with van der Waals surface area (Å²) in [5, 5.41) is 66.7. The molecule has 9 N–H and O–H groups in total. The second kappa shape index (κ2) is 25.8. The number of aliphatic hydroxyl groups is 5. The number of nitrogens with two attached hydrogens (primary N) is 2. The third-order valence-electron chi connectivity index (χ3n) is 13.2. The van der Waals surface area contributed by atoms with Crippen LogP contribution in [0.5, 0.6) is 0 Å². The fraction of sp³-hybridized carbons (Fsp3) is 0.587. The molecule has 4 fully saturated rings. The summed E-state index contributed by atoms with van der Waals surface area (Å²) < 4.78 is 49.4. The number of rotatable bonds is 20. The molecule has 3 aromatic rings. The summed E-state index contributed by atoms with van der Waals surface area (Å²) in [4.78, 5) is 23.9. The van der Waals surface area contributed by atoms with E-state index < -0.39 is 135 Å². The van der Waals surface area contributed by atoms with Crippen molar-refractivity contribution >= 4 is 6.09 Å². The van der Waals surface area contributed by atoms with Gasteiger partial charge in [0, 0.05) is 21.3 Å². The SMILES string of the molecule is C[C@@H]([C@@H]1CC[C@@H](N=[N+]=[N-])[C@@H](O[C@@H]2[C@@H](N)[C@H](OCc3ccccc3)[C@@H](N)[C@H](O)[C@H]2O[C@@H]2O[C@H](CO)[C@@H](O[C@H]3O[C@@H](CN=[N+]=[N-])[C@@H](O)[C@H](O)[C@H]3N=[N+]=[N-])[C@H]2O)O1)N(Cc1ccccc1)C(=O)OCc1ccccc1. The van der Waals surface area contributed by atoms with E-state index in [-0.39, 0.29) is 26.2 Å². The molecule has 3 saturated heterocycles. The van der Waals surface area contributed by atoms with E-state index in [0.29, 0.717) is 6.42 Å². The van der Waals surface area contributed by atoms with Gasteiger partial charge in [-0.25, -0.2) is 4.79 Å². The van der Waals surface area contributed by atoms with Crippen molar-refractivity contribution in [3.63, 3.8) is 0 Å². The van der Waals surface area contributed by atoms with Crippen LogP contribution < -0.4 is 11.5 Å². The number of ether oxygens (including phenoxy) is 8. The van der Waals surface area contributed by atoms with Crippen LogP contribution in [0.1, 0.15) is 36.5 Å². The average molecular weight is 1010 g/mol. The van der Waals surface area contributed by atoms with Gasteiger partial charge in [-0.3, -0.25) is 4.90 Å². The largest absolute Gasteiger partial charge is 0.445 e. The lowest BCUT2D eigenvalue weighted by Crippen LogP contribution is -2.72. The Bertz CT molecular complexity index is 2340. The first-order chi connectivity index (χ1) is 34.9. The van der Waals surface area contributed by atoms with E-state index in [0.717, 1.165) is 16.7 Å². The van der Waals surface area contributed by atoms with Crippen molar-refractivity contribution in [2.24, 2.45) is 26.8 Å². The summed E-state index contributed by atoms with van der Waals surface area (Å²) in [6.45, 7) is 0.715. The first-order valence-corrected chi connectivity index (χ1v) is 23.4. The molecule has 72 heavy (non-hydrogen) atoms. The number of hydrogen-bond acceptors (Lipinski definition) is 19. The third kappa shape index (κ3) is 12.9. The number of hydrogen-bond donors (Lipinski definition) is 7. The molecule has 19 atom stereocenters. The number of aliphatic hydroxyl groups excluding tert-OH is 5. The van der Waals surface area contributed by atoms with E-state index in [9.17, 15) is 41.4 Å². The summed E-state index contributed by atoms with van der Waals surface area (Å²) in [6.07, 6.45) is -21.1. The molecule has 3 heterocycles. The molecule has 0 radical (unpaired) electrons. The van der Waals surface area contributed by atoms with Gasteiger partial charge in [0.05, 0.1) is 68.3 Å². The van der Waals surface area contributed by atoms with E-state index in [4.69, 9.17) is 54.9 Å². The summed E-state index contributed by atoms with van der Waals surface area (Å²) in [6, 6.07) is 21.9. The van der Waals surface area contributed by atoms with Gasteiger partial charge in [0.2, 0.25) is 0 Å². The van der Waals surface area contributed by atoms with Gasteiger partial charge in [-0.15, -0.1) is 0 Å². The van der Waals surface area contributed by atoms with Crippen LogP contribution in [0.3, 0.4) is 0 Å². The second-order valence-electron chi connectivity index (χ2n) is 17.8. The van der Waals surface area contributed by atoms with Gasteiger partial charge in [-0.1, -0.05) is 106 Å².